The number of carbonyl (C=O) groups is 1. The summed E-state index contributed by atoms with van der Waals surface area (Å²) in [6.45, 7) is 2.83. The van der Waals surface area contributed by atoms with Crippen LogP contribution in [0.25, 0.3) is 0 Å². The molecule has 0 unspecified atom stereocenters. The van der Waals surface area contributed by atoms with Gasteiger partial charge in [-0.2, -0.15) is 0 Å². The van der Waals surface area contributed by atoms with E-state index in [0.29, 0.717) is 21.5 Å². The van der Waals surface area contributed by atoms with Crippen LogP contribution >= 0.6 is 23.2 Å². The van der Waals surface area contributed by atoms with E-state index in [4.69, 9.17) is 23.2 Å². The first kappa shape index (κ1) is 14.6. The monoisotopic (exact) mass is 300 g/mol. The van der Waals surface area contributed by atoms with E-state index in [-0.39, 0.29) is 5.91 Å². The van der Waals surface area contributed by atoms with E-state index in [1.54, 1.807) is 23.1 Å². The second-order valence-electron chi connectivity index (χ2n) is 5.00. The van der Waals surface area contributed by atoms with Gasteiger partial charge in [0.1, 0.15) is 0 Å². The smallest absolute Gasteiger partial charge is 0.255 e. The number of rotatable bonds is 3. The lowest BCUT2D eigenvalue weighted by Gasteiger charge is -2.27. The van der Waals surface area contributed by atoms with Crippen molar-refractivity contribution >= 4 is 29.1 Å². The maximum Gasteiger partial charge on any atom is 0.255 e. The molecule has 1 heterocycles. The minimum absolute atomic E-state index is 0.0639. The summed E-state index contributed by atoms with van der Waals surface area (Å²) < 4.78 is 0. The first-order valence-electron chi connectivity index (χ1n) is 6.49. The SMILES string of the molecule is CN(CC1CCNCC1)C(=O)c1cc(Cl)ccc1Cl. The quantitative estimate of drug-likeness (QED) is 0.930. The Kier molecular flexibility index (Phi) is 5.08. The van der Waals surface area contributed by atoms with Gasteiger partial charge in [-0.1, -0.05) is 23.2 Å². The number of nitrogens with zero attached hydrogens (tertiary/aromatic N) is 1. The van der Waals surface area contributed by atoms with Crippen molar-refractivity contribution in [1.29, 1.82) is 0 Å². The highest BCUT2D eigenvalue weighted by atomic mass is 35.5. The number of carbonyl (C=O) groups excluding carboxylic acids is 1. The van der Waals surface area contributed by atoms with E-state index in [9.17, 15) is 4.79 Å². The van der Waals surface area contributed by atoms with Crippen LogP contribution in [-0.2, 0) is 0 Å². The molecule has 1 aliphatic rings. The second-order valence-corrected chi connectivity index (χ2v) is 5.85. The summed E-state index contributed by atoms with van der Waals surface area (Å²) in [5, 5.41) is 4.30. The van der Waals surface area contributed by atoms with Gasteiger partial charge in [0.2, 0.25) is 0 Å². The predicted octanol–water partition coefficient (Wildman–Crippen LogP) is 3.07. The maximum atomic E-state index is 12.4. The van der Waals surface area contributed by atoms with E-state index >= 15 is 0 Å². The van der Waals surface area contributed by atoms with Gasteiger partial charge < -0.3 is 10.2 Å². The Morgan fingerprint density at radius 1 is 1.37 bits per heavy atom. The topological polar surface area (TPSA) is 32.3 Å². The molecule has 1 amide bonds. The zero-order chi connectivity index (χ0) is 13.8. The van der Waals surface area contributed by atoms with Crippen molar-refractivity contribution in [3.05, 3.63) is 33.8 Å². The molecule has 0 radical (unpaired) electrons. The number of halogens is 2. The molecule has 1 N–H and O–H groups in total. The molecule has 0 bridgehead atoms. The molecule has 1 aromatic carbocycles. The predicted molar refractivity (Wildman–Crippen MR) is 79.0 cm³/mol. The maximum absolute atomic E-state index is 12.4. The highest BCUT2D eigenvalue weighted by molar-refractivity contribution is 6.35. The molecule has 0 aromatic heterocycles. The standard InChI is InChI=1S/C14H18Cl2N2O/c1-18(9-10-4-6-17-7-5-10)14(19)12-8-11(15)2-3-13(12)16/h2-3,8,10,17H,4-7,9H2,1H3. The molecule has 3 nitrogen and oxygen atoms in total. The van der Waals surface area contributed by atoms with E-state index in [1.165, 1.54) is 0 Å². The Balaban J connectivity index is 2.03. The van der Waals surface area contributed by atoms with Crippen molar-refractivity contribution in [2.24, 2.45) is 5.92 Å². The second kappa shape index (κ2) is 6.60. The number of benzene rings is 1. The van der Waals surface area contributed by atoms with Gasteiger partial charge >= 0.3 is 0 Å². The van der Waals surface area contributed by atoms with Crippen LogP contribution in [0.3, 0.4) is 0 Å². The Morgan fingerprint density at radius 2 is 2.05 bits per heavy atom. The van der Waals surface area contributed by atoms with Crippen LogP contribution in [-0.4, -0.2) is 37.5 Å². The van der Waals surface area contributed by atoms with Gasteiger partial charge in [0.15, 0.2) is 0 Å². The van der Waals surface area contributed by atoms with Crippen LogP contribution in [0.2, 0.25) is 10.0 Å². The van der Waals surface area contributed by atoms with Gasteiger partial charge in [0.25, 0.3) is 5.91 Å². The lowest BCUT2D eigenvalue weighted by molar-refractivity contribution is 0.0763. The molecule has 104 valence electrons. The summed E-state index contributed by atoms with van der Waals surface area (Å²) in [6.07, 6.45) is 2.22. The van der Waals surface area contributed by atoms with Crippen LogP contribution in [0.4, 0.5) is 0 Å². The molecule has 1 aliphatic heterocycles. The average molecular weight is 301 g/mol. The van der Waals surface area contributed by atoms with Gasteiger partial charge in [-0.15, -0.1) is 0 Å². The van der Waals surface area contributed by atoms with Crippen molar-refractivity contribution in [3.8, 4) is 0 Å². The normalized spacial score (nSPS) is 16.4. The van der Waals surface area contributed by atoms with E-state index in [0.717, 1.165) is 32.5 Å². The van der Waals surface area contributed by atoms with E-state index in [2.05, 4.69) is 5.32 Å². The molecule has 1 saturated heterocycles. The van der Waals surface area contributed by atoms with Gasteiger partial charge in [0, 0.05) is 18.6 Å². The third kappa shape index (κ3) is 3.85. The summed E-state index contributed by atoms with van der Waals surface area (Å²) >= 11 is 12.0. The highest BCUT2D eigenvalue weighted by Gasteiger charge is 2.20. The minimum Gasteiger partial charge on any atom is -0.341 e. The van der Waals surface area contributed by atoms with Crippen LogP contribution < -0.4 is 5.32 Å². The molecule has 19 heavy (non-hydrogen) atoms. The zero-order valence-electron chi connectivity index (χ0n) is 11.0. The molecule has 0 spiro atoms. The van der Waals surface area contributed by atoms with Crippen molar-refractivity contribution in [3.63, 3.8) is 0 Å². The Bertz CT molecular complexity index is 459. The number of nitrogens with one attached hydrogen (secondary N) is 1. The first-order valence-corrected chi connectivity index (χ1v) is 7.24. The molecule has 1 aromatic rings. The van der Waals surface area contributed by atoms with Crippen molar-refractivity contribution < 1.29 is 4.79 Å². The molecule has 0 saturated carbocycles. The fourth-order valence-corrected chi connectivity index (χ4v) is 2.77. The van der Waals surface area contributed by atoms with Gasteiger partial charge in [-0.05, 0) is 50.0 Å². The molecule has 2 rings (SSSR count). The van der Waals surface area contributed by atoms with Crippen LogP contribution in [0, 0.1) is 5.92 Å². The number of hydrogen-bond donors (Lipinski definition) is 1. The molecule has 1 fully saturated rings. The third-order valence-electron chi connectivity index (χ3n) is 3.50. The molecule has 5 heteroatoms. The van der Waals surface area contributed by atoms with Crippen molar-refractivity contribution in [2.45, 2.75) is 12.8 Å². The Morgan fingerprint density at radius 3 is 2.74 bits per heavy atom. The molecular weight excluding hydrogens is 283 g/mol. The highest BCUT2D eigenvalue weighted by Crippen LogP contribution is 2.22. The largest absolute Gasteiger partial charge is 0.341 e. The van der Waals surface area contributed by atoms with Crippen LogP contribution in [0.1, 0.15) is 23.2 Å². The fourth-order valence-electron chi connectivity index (χ4n) is 2.40. The zero-order valence-corrected chi connectivity index (χ0v) is 12.5. The number of amides is 1. The summed E-state index contributed by atoms with van der Waals surface area (Å²) in [6, 6.07) is 4.98. The molecular formula is C14H18Cl2N2O. The number of piperidine rings is 1. The fraction of sp³-hybridized carbons (Fsp3) is 0.500. The van der Waals surface area contributed by atoms with Gasteiger partial charge in [0.05, 0.1) is 10.6 Å². The lowest BCUT2D eigenvalue weighted by atomic mass is 9.97. The van der Waals surface area contributed by atoms with E-state index < -0.39 is 0 Å². The molecule has 0 atom stereocenters. The Hall–Kier alpha value is -0.770. The first-order chi connectivity index (χ1) is 9.08. The Labute approximate surface area is 123 Å². The average Bonchev–Trinajstić information content (AvgIpc) is 2.42. The molecule has 0 aliphatic carbocycles. The summed E-state index contributed by atoms with van der Waals surface area (Å²) in [4.78, 5) is 14.1. The number of hydrogen-bond acceptors (Lipinski definition) is 2. The van der Waals surface area contributed by atoms with Crippen molar-refractivity contribution in [2.75, 3.05) is 26.7 Å². The summed E-state index contributed by atoms with van der Waals surface area (Å²) in [5.74, 6) is 0.499. The summed E-state index contributed by atoms with van der Waals surface area (Å²) in [7, 11) is 1.82. The lowest BCUT2D eigenvalue weighted by Crippen LogP contribution is -2.37. The minimum atomic E-state index is -0.0639. The third-order valence-corrected chi connectivity index (χ3v) is 4.06. The summed E-state index contributed by atoms with van der Waals surface area (Å²) in [5.41, 5.74) is 0.477. The van der Waals surface area contributed by atoms with Gasteiger partial charge in [-0.25, -0.2) is 0 Å². The van der Waals surface area contributed by atoms with Crippen LogP contribution in [0.5, 0.6) is 0 Å². The van der Waals surface area contributed by atoms with Crippen LogP contribution in [0.15, 0.2) is 18.2 Å². The van der Waals surface area contributed by atoms with Crippen molar-refractivity contribution in [1.82, 2.24) is 10.2 Å². The van der Waals surface area contributed by atoms with Gasteiger partial charge in [-0.3, -0.25) is 4.79 Å². The van der Waals surface area contributed by atoms with E-state index in [1.807, 2.05) is 7.05 Å².